The molecule has 0 spiro atoms. The zero-order chi connectivity index (χ0) is 11.4. The minimum absolute atomic E-state index is 0.367. The van der Waals surface area contributed by atoms with Crippen LogP contribution in [0.3, 0.4) is 0 Å². The van der Waals surface area contributed by atoms with E-state index in [4.69, 9.17) is 4.52 Å². The Morgan fingerprint density at radius 2 is 2.12 bits per heavy atom. The van der Waals surface area contributed by atoms with E-state index in [1.807, 2.05) is 0 Å². The largest absolute Gasteiger partial charge is 0.360 e. The Morgan fingerprint density at radius 1 is 1.31 bits per heavy atom. The van der Waals surface area contributed by atoms with Crippen molar-refractivity contribution in [2.75, 3.05) is 10.6 Å². The molecule has 0 unspecified atom stereocenters. The second-order valence-corrected chi connectivity index (χ2v) is 3.12. The summed E-state index contributed by atoms with van der Waals surface area (Å²) in [5.74, 6) is 1.47. The molecule has 0 aromatic carbocycles. The maximum atomic E-state index is 11.4. The highest BCUT2D eigenvalue weighted by atomic mass is 16.5. The van der Waals surface area contributed by atoms with Crippen LogP contribution in [0.1, 0.15) is 5.76 Å². The maximum absolute atomic E-state index is 11.4. The van der Waals surface area contributed by atoms with Crippen LogP contribution in [0.25, 0.3) is 0 Å². The first-order valence-electron chi connectivity index (χ1n) is 4.66. The first kappa shape index (κ1) is 10.2. The third-order valence-electron chi connectivity index (χ3n) is 1.78. The number of amides is 2. The second kappa shape index (κ2) is 4.43. The summed E-state index contributed by atoms with van der Waals surface area (Å²) in [6.45, 7) is 1.74. The number of pyridine rings is 1. The number of urea groups is 1. The summed E-state index contributed by atoms with van der Waals surface area (Å²) in [4.78, 5) is 15.4. The number of aromatic nitrogens is 2. The van der Waals surface area contributed by atoms with Gasteiger partial charge in [-0.25, -0.2) is 9.78 Å². The van der Waals surface area contributed by atoms with Gasteiger partial charge in [-0.05, 0) is 19.1 Å². The third-order valence-corrected chi connectivity index (χ3v) is 1.78. The van der Waals surface area contributed by atoms with Crippen molar-refractivity contribution >= 4 is 17.7 Å². The van der Waals surface area contributed by atoms with Gasteiger partial charge in [-0.1, -0.05) is 11.2 Å². The fourth-order valence-electron chi connectivity index (χ4n) is 1.13. The van der Waals surface area contributed by atoms with Gasteiger partial charge in [-0.15, -0.1) is 0 Å². The molecule has 2 aromatic rings. The highest BCUT2D eigenvalue weighted by Crippen LogP contribution is 2.07. The first-order chi connectivity index (χ1) is 7.74. The quantitative estimate of drug-likeness (QED) is 0.808. The van der Waals surface area contributed by atoms with Gasteiger partial charge < -0.3 is 4.52 Å². The van der Waals surface area contributed by atoms with E-state index in [1.165, 1.54) is 0 Å². The molecule has 0 aliphatic heterocycles. The minimum atomic E-state index is -0.410. The molecule has 0 bridgehead atoms. The normalized spacial score (nSPS) is 9.81. The maximum Gasteiger partial charge on any atom is 0.326 e. The highest BCUT2D eigenvalue weighted by Gasteiger charge is 2.05. The van der Waals surface area contributed by atoms with Gasteiger partial charge in [0.05, 0.1) is 0 Å². The predicted octanol–water partition coefficient (Wildman–Crippen LogP) is 2.02. The summed E-state index contributed by atoms with van der Waals surface area (Å²) >= 11 is 0. The van der Waals surface area contributed by atoms with E-state index >= 15 is 0 Å². The van der Waals surface area contributed by atoms with Gasteiger partial charge >= 0.3 is 6.03 Å². The average Bonchev–Trinajstić information content (AvgIpc) is 2.65. The number of anilines is 2. The van der Waals surface area contributed by atoms with Gasteiger partial charge in [-0.2, -0.15) is 0 Å². The molecule has 0 aliphatic rings. The summed E-state index contributed by atoms with van der Waals surface area (Å²) < 4.78 is 4.81. The third kappa shape index (κ3) is 2.57. The topological polar surface area (TPSA) is 80.0 Å². The lowest BCUT2D eigenvalue weighted by Gasteiger charge is -2.02. The van der Waals surface area contributed by atoms with Crippen LogP contribution in [-0.2, 0) is 0 Å². The van der Waals surface area contributed by atoms with Crippen molar-refractivity contribution in [3.63, 3.8) is 0 Å². The van der Waals surface area contributed by atoms with Crippen LogP contribution in [0.15, 0.2) is 35.0 Å². The van der Waals surface area contributed by atoms with Crippen molar-refractivity contribution in [3.05, 3.63) is 36.2 Å². The van der Waals surface area contributed by atoms with Crippen LogP contribution < -0.4 is 10.6 Å². The highest BCUT2D eigenvalue weighted by molar-refractivity contribution is 5.98. The van der Waals surface area contributed by atoms with E-state index in [0.29, 0.717) is 17.4 Å². The van der Waals surface area contributed by atoms with Gasteiger partial charge in [0, 0.05) is 12.3 Å². The molecule has 0 fully saturated rings. The van der Waals surface area contributed by atoms with Crippen LogP contribution in [0.4, 0.5) is 16.4 Å². The van der Waals surface area contributed by atoms with Gasteiger partial charge in [0.2, 0.25) is 0 Å². The Hall–Kier alpha value is -2.37. The van der Waals surface area contributed by atoms with Crippen LogP contribution in [0.5, 0.6) is 0 Å². The summed E-state index contributed by atoms with van der Waals surface area (Å²) in [5, 5.41) is 8.70. The molecule has 82 valence electrons. The lowest BCUT2D eigenvalue weighted by atomic mass is 10.4. The van der Waals surface area contributed by atoms with Gasteiger partial charge in [-0.3, -0.25) is 10.6 Å². The number of carbonyl (C=O) groups excluding carboxylic acids is 1. The van der Waals surface area contributed by atoms with Crippen molar-refractivity contribution < 1.29 is 9.32 Å². The molecule has 2 amide bonds. The molecule has 2 heterocycles. The lowest BCUT2D eigenvalue weighted by molar-refractivity contribution is 0.262. The summed E-state index contributed by atoms with van der Waals surface area (Å²) in [6, 6.07) is 6.45. The number of hydrogen-bond donors (Lipinski definition) is 2. The Bertz CT molecular complexity index is 481. The molecule has 2 rings (SSSR count). The first-order valence-corrected chi connectivity index (χ1v) is 4.66. The summed E-state index contributed by atoms with van der Waals surface area (Å²) in [6.07, 6.45) is 1.59. The molecule has 0 saturated heterocycles. The number of carbonyl (C=O) groups is 1. The van der Waals surface area contributed by atoms with Crippen molar-refractivity contribution in [1.82, 2.24) is 10.1 Å². The van der Waals surface area contributed by atoms with E-state index in [9.17, 15) is 4.79 Å². The monoisotopic (exact) mass is 218 g/mol. The fourth-order valence-corrected chi connectivity index (χ4v) is 1.13. The molecule has 6 heteroatoms. The Morgan fingerprint density at radius 3 is 2.75 bits per heavy atom. The van der Waals surface area contributed by atoms with Gasteiger partial charge in [0.15, 0.2) is 5.82 Å². The van der Waals surface area contributed by atoms with Gasteiger partial charge in [0.1, 0.15) is 11.6 Å². The summed E-state index contributed by atoms with van der Waals surface area (Å²) in [7, 11) is 0. The number of rotatable bonds is 2. The Balaban J connectivity index is 1.95. The van der Waals surface area contributed by atoms with Crippen molar-refractivity contribution in [3.8, 4) is 0 Å². The molecular weight excluding hydrogens is 208 g/mol. The standard InChI is InChI=1S/C10H10N4O2/c1-7-6-9(14-16-7)13-10(15)12-8-4-2-3-5-11-8/h2-6H,1H3,(H2,11,12,13,14,15). The van der Waals surface area contributed by atoms with E-state index in [2.05, 4.69) is 20.8 Å². The molecule has 2 N–H and O–H groups in total. The lowest BCUT2D eigenvalue weighted by Crippen LogP contribution is -2.20. The zero-order valence-electron chi connectivity index (χ0n) is 8.60. The van der Waals surface area contributed by atoms with Crippen LogP contribution in [0, 0.1) is 6.92 Å². The van der Waals surface area contributed by atoms with Crippen molar-refractivity contribution in [1.29, 1.82) is 0 Å². The van der Waals surface area contributed by atoms with Crippen molar-refractivity contribution in [2.24, 2.45) is 0 Å². The molecule has 0 aliphatic carbocycles. The average molecular weight is 218 g/mol. The minimum Gasteiger partial charge on any atom is -0.360 e. The number of nitrogens with zero attached hydrogens (tertiary/aromatic N) is 2. The Labute approximate surface area is 91.7 Å². The summed E-state index contributed by atoms with van der Waals surface area (Å²) in [5.41, 5.74) is 0. The number of hydrogen-bond acceptors (Lipinski definition) is 4. The van der Waals surface area contributed by atoms with E-state index in [-0.39, 0.29) is 0 Å². The number of aryl methyl sites for hydroxylation is 1. The predicted molar refractivity (Wildman–Crippen MR) is 58.1 cm³/mol. The molecule has 16 heavy (non-hydrogen) atoms. The molecular formula is C10H10N4O2. The molecule has 6 nitrogen and oxygen atoms in total. The molecule has 0 atom stereocenters. The molecule has 2 aromatic heterocycles. The zero-order valence-corrected chi connectivity index (χ0v) is 8.60. The van der Waals surface area contributed by atoms with E-state index in [0.717, 1.165) is 0 Å². The van der Waals surface area contributed by atoms with E-state index < -0.39 is 6.03 Å². The van der Waals surface area contributed by atoms with Crippen molar-refractivity contribution in [2.45, 2.75) is 6.92 Å². The van der Waals surface area contributed by atoms with Gasteiger partial charge in [0.25, 0.3) is 0 Å². The van der Waals surface area contributed by atoms with Crippen LogP contribution >= 0.6 is 0 Å². The molecule has 0 saturated carbocycles. The Kier molecular flexibility index (Phi) is 2.81. The van der Waals surface area contributed by atoms with Crippen LogP contribution in [-0.4, -0.2) is 16.2 Å². The second-order valence-electron chi connectivity index (χ2n) is 3.12. The number of nitrogens with one attached hydrogen (secondary N) is 2. The fraction of sp³-hybridized carbons (Fsp3) is 0.100. The molecule has 0 radical (unpaired) electrons. The SMILES string of the molecule is Cc1cc(NC(=O)Nc2ccccn2)no1. The smallest absolute Gasteiger partial charge is 0.326 e. The van der Waals surface area contributed by atoms with E-state index in [1.54, 1.807) is 37.4 Å². The van der Waals surface area contributed by atoms with Crippen LogP contribution in [0.2, 0.25) is 0 Å².